The van der Waals surface area contributed by atoms with E-state index in [0.29, 0.717) is 67.2 Å². The van der Waals surface area contributed by atoms with Crippen LogP contribution >= 0.6 is 11.6 Å². The van der Waals surface area contributed by atoms with E-state index in [4.69, 9.17) is 36.8 Å². The fraction of sp³-hybridized carbons (Fsp3) is 0.424. The van der Waals surface area contributed by atoms with Gasteiger partial charge < -0.3 is 20.1 Å². The van der Waals surface area contributed by atoms with Crippen LogP contribution in [0.25, 0.3) is 22.0 Å². The van der Waals surface area contributed by atoms with Crippen molar-refractivity contribution >= 4 is 34.1 Å². The zero-order valence-electron chi connectivity index (χ0n) is 24.0. The van der Waals surface area contributed by atoms with Crippen molar-refractivity contribution < 1.29 is 13.9 Å². The van der Waals surface area contributed by atoms with E-state index >= 15 is 0 Å². The van der Waals surface area contributed by atoms with Gasteiger partial charge in [-0.25, -0.2) is 9.37 Å². The molecule has 0 spiro atoms. The van der Waals surface area contributed by atoms with E-state index in [9.17, 15) is 4.39 Å². The normalized spacial score (nSPS) is 22.8. The maximum Gasteiger partial charge on any atom is 0.319 e. The number of pyridine rings is 1. The summed E-state index contributed by atoms with van der Waals surface area (Å²) in [5.41, 5.74) is 12.3. The van der Waals surface area contributed by atoms with Gasteiger partial charge in [0.25, 0.3) is 0 Å². The predicted molar refractivity (Wildman–Crippen MR) is 166 cm³/mol. The predicted octanol–water partition coefficient (Wildman–Crippen LogP) is 5.77. The lowest BCUT2D eigenvalue weighted by Gasteiger charge is -2.31. The molecule has 2 aromatic heterocycles. The minimum atomic E-state index is -0.830. The number of hydrogen-bond acceptors (Lipinski definition) is 8. The molecule has 8 nitrogen and oxygen atoms in total. The number of hydrogen-bond donors (Lipinski definition) is 1. The van der Waals surface area contributed by atoms with Crippen LogP contribution in [0.4, 0.5) is 16.0 Å². The minimum absolute atomic E-state index is 0.273. The molecule has 2 fully saturated rings. The van der Waals surface area contributed by atoms with Gasteiger partial charge in [-0.05, 0) is 67.5 Å². The van der Waals surface area contributed by atoms with Crippen LogP contribution in [0.3, 0.4) is 0 Å². The summed E-state index contributed by atoms with van der Waals surface area (Å²) in [5.74, 6) is 1.74. The van der Waals surface area contributed by atoms with Crippen LogP contribution < -0.4 is 20.1 Å². The molecule has 0 bridgehead atoms. The summed E-state index contributed by atoms with van der Waals surface area (Å²) in [6.07, 6.45) is 6.53. The molecule has 3 aliphatic heterocycles. The van der Waals surface area contributed by atoms with Crippen molar-refractivity contribution in [3.8, 4) is 22.9 Å². The van der Waals surface area contributed by atoms with E-state index in [-0.39, 0.29) is 11.5 Å². The van der Waals surface area contributed by atoms with Gasteiger partial charge >= 0.3 is 6.01 Å². The highest BCUT2D eigenvalue weighted by molar-refractivity contribution is 6.36. The number of aryl methyl sites for hydroxylation is 1. The van der Waals surface area contributed by atoms with Gasteiger partial charge in [0.2, 0.25) is 0 Å². The molecule has 43 heavy (non-hydrogen) atoms. The van der Waals surface area contributed by atoms with Gasteiger partial charge in [-0.3, -0.25) is 4.90 Å². The summed E-state index contributed by atoms with van der Waals surface area (Å²) in [4.78, 5) is 18.6. The van der Waals surface area contributed by atoms with Crippen molar-refractivity contribution in [3.63, 3.8) is 0 Å². The van der Waals surface area contributed by atoms with Crippen LogP contribution in [0.5, 0.6) is 11.8 Å². The largest absolute Gasteiger partial charge is 0.489 e. The number of nitrogens with zero attached hydrogens (tertiary/aromatic N) is 5. The molecule has 0 amide bonds. The van der Waals surface area contributed by atoms with Crippen LogP contribution in [0.2, 0.25) is 5.02 Å². The molecular formula is C33H34ClFN6O2. The molecule has 1 aliphatic carbocycles. The highest BCUT2D eigenvalue weighted by Gasteiger charge is 2.49. The molecule has 4 aromatic rings. The van der Waals surface area contributed by atoms with Gasteiger partial charge in [-0.1, -0.05) is 35.9 Å². The Morgan fingerprint density at radius 3 is 2.95 bits per heavy atom. The second-order valence-electron chi connectivity index (χ2n) is 12.3. The Morgan fingerprint density at radius 1 is 1.12 bits per heavy atom. The first kappa shape index (κ1) is 26.9. The number of benzene rings is 2. The number of rotatable bonds is 6. The Labute approximate surface area is 255 Å². The van der Waals surface area contributed by atoms with Crippen LogP contribution in [0.15, 0.2) is 42.6 Å². The van der Waals surface area contributed by atoms with Gasteiger partial charge in [0.1, 0.15) is 31.0 Å². The number of anilines is 2. The van der Waals surface area contributed by atoms with E-state index in [2.05, 4.69) is 33.0 Å². The van der Waals surface area contributed by atoms with Crippen LogP contribution in [-0.2, 0) is 19.4 Å². The molecule has 0 radical (unpaired) electrons. The summed E-state index contributed by atoms with van der Waals surface area (Å²) < 4.78 is 27.3. The monoisotopic (exact) mass is 600 g/mol. The molecule has 8 rings (SSSR count). The van der Waals surface area contributed by atoms with Crippen molar-refractivity contribution in [2.45, 2.75) is 56.8 Å². The molecule has 0 saturated carbocycles. The number of ether oxygens (including phenoxy) is 2. The summed E-state index contributed by atoms with van der Waals surface area (Å²) in [7, 11) is 0. The highest BCUT2D eigenvalue weighted by atomic mass is 35.5. The van der Waals surface area contributed by atoms with Crippen LogP contribution in [0.1, 0.15) is 42.4 Å². The van der Waals surface area contributed by atoms with Crippen molar-refractivity contribution in [2.75, 3.05) is 43.5 Å². The Morgan fingerprint density at radius 2 is 2.05 bits per heavy atom. The van der Waals surface area contributed by atoms with Gasteiger partial charge in [-0.2, -0.15) is 9.97 Å². The average molecular weight is 601 g/mol. The number of halogens is 2. The van der Waals surface area contributed by atoms with E-state index < -0.39 is 6.17 Å². The van der Waals surface area contributed by atoms with Crippen LogP contribution in [0, 0.1) is 0 Å². The number of nitrogen functional groups attached to an aromatic ring is 1. The van der Waals surface area contributed by atoms with Gasteiger partial charge in [0.15, 0.2) is 5.75 Å². The Hall–Kier alpha value is -3.69. The molecule has 222 valence electrons. The zero-order valence-corrected chi connectivity index (χ0v) is 24.7. The Kier molecular flexibility index (Phi) is 6.56. The lowest BCUT2D eigenvalue weighted by Crippen LogP contribution is -2.43. The van der Waals surface area contributed by atoms with Crippen molar-refractivity contribution in [1.29, 1.82) is 0 Å². The van der Waals surface area contributed by atoms with Gasteiger partial charge in [0, 0.05) is 36.8 Å². The fourth-order valence-corrected chi connectivity index (χ4v) is 7.96. The van der Waals surface area contributed by atoms with Crippen molar-refractivity contribution in [1.82, 2.24) is 19.9 Å². The van der Waals surface area contributed by atoms with E-state index in [1.807, 2.05) is 18.2 Å². The van der Waals surface area contributed by atoms with Crippen molar-refractivity contribution in [2.24, 2.45) is 0 Å². The third-order valence-electron chi connectivity index (χ3n) is 9.70. The number of nitrogens with two attached hydrogens (primary N) is 1. The molecule has 0 unspecified atom stereocenters. The Balaban J connectivity index is 1.26. The minimum Gasteiger partial charge on any atom is -0.489 e. The molecule has 2 saturated heterocycles. The fourth-order valence-electron chi connectivity index (χ4n) is 7.65. The molecule has 4 aliphatic rings. The quantitative estimate of drug-likeness (QED) is 0.298. The highest BCUT2D eigenvalue weighted by Crippen LogP contribution is 2.48. The van der Waals surface area contributed by atoms with Crippen LogP contribution in [-0.4, -0.2) is 64.4 Å². The summed E-state index contributed by atoms with van der Waals surface area (Å²) in [5, 5.41) is 1.31. The first-order valence-electron chi connectivity index (χ1n) is 15.2. The molecule has 10 heteroatoms. The molecular weight excluding hydrogens is 567 g/mol. The maximum atomic E-state index is 14.5. The van der Waals surface area contributed by atoms with E-state index in [1.54, 1.807) is 6.20 Å². The molecule has 5 heterocycles. The first-order chi connectivity index (χ1) is 21.0. The number of fused-ring (bicyclic) bond motifs is 2. The number of alkyl halides is 1. The molecule has 2 aromatic carbocycles. The lowest BCUT2D eigenvalue weighted by atomic mass is 9.95. The SMILES string of the molecule is Nc1ncccc1CN1CCOc2c(Cl)c(-c3cccc4c3CCC4)cc3nc(OC[C@@]45CCCN4C[C@H](F)C5)nc1c23. The van der Waals surface area contributed by atoms with E-state index in [0.717, 1.165) is 60.7 Å². The van der Waals surface area contributed by atoms with Gasteiger partial charge in [-0.15, -0.1) is 0 Å². The molecule has 2 atom stereocenters. The smallest absolute Gasteiger partial charge is 0.319 e. The maximum absolute atomic E-state index is 14.5. The van der Waals surface area contributed by atoms with E-state index in [1.165, 1.54) is 11.1 Å². The number of aromatic nitrogens is 3. The summed E-state index contributed by atoms with van der Waals surface area (Å²) in [6, 6.07) is 12.6. The summed E-state index contributed by atoms with van der Waals surface area (Å²) >= 11 is 7.20. The third-order valence-corrected chi connectivity index (χ3v) is 10.1. The third kappa shape index (κ3) is 4.55. The Bertz CT molecular complexity index is 1740. The molecule has 2 N–H and O–H groups in total. The average Bonchev–Trinajstić information content (AvgIpc) is 3.68. The first-order valence-corrected chi connectivity index (χ1v) is 15.6. The second kappa shape index (κ2) is 10.5. The summed E-state index contributed by atoms with van der Waals surface area (Å²) in [6.45, 7) is 3.18. The zero-order chi connectivity index (χ0) is 29.1. The standard InChI is InChI=1S/C33H34ClFN6O2/c34-28-25(24-9-2-6-20-5-1-8-23(20)24)15-26-27-29(28)42-14-13-40(17-21-7-3-11-37-30(21)36)31(27)39-32(38-26)43-19-33-10-4-12-41(33)18-22(35)16-33/h2-3,6-7,9,11,15,22H,1,4-5,8,10,12-14,16-19H2,(H2,36,37)/t22-,33+/m1/s1. The lowest BCUT2D eigenvalue weighted by molar-refractivity contribution is 0.107. The van der Waals surface area contributed by atoms with Gasteiger partial charge in [0.05, 0.1) is 28.0 Å². The second-order valence-corrected chi connectivity index (χ2v) is 12.6. The van der Waals surface area contributed by atoms with Crippen molar-refractivity contribution in [3.05, 3.63) is 64.3 Å². The topological polar surface area (TPSA) is 89.6 Å².